The third kappa shape index (κ3) is 1.80. The van der Waals surface area contributed by atoms with Crippen molar-refractivity contribution in [3.05, 3.63) is 60.0 Å². The van der Waals surface area contributed by atoms with E-state index in [9.17, 15) is 14.3 Å². The Morgan fingerprint density at radius 2 is 1.95 bits per heavy atom. The maximum absolute atomic E-state index is 13.5. The summed E-state index contributed by atoms with van der Waals surface area (Å²) in [5.41, 5.74) is 6.97. The topological polar surface area (TPSA) is 68.2 Å². The molecule has 0 fully saturated rings. The number of aromatic nitrogens is 1. The molecule has 1 heterocycles. The van der Waals surface area contributed by atoms with E-state index in [1.807, 2.05) is 12.1 Å². The van der Waals surface area contributed by atoms with Gasteiger partial charge in [-0.1, -0.05) is 18.2 Å². The van der Waals surface area contributed by atoms with Gasteiger partial charge in [-0.25, -0.2) is 4.39 Å². The highest BCUT2D eigenvalue weighted by Crippen LogP contribution is 2.26. The van der Waals surface area contributed by atoms with Gasteiger partial charge in [0.2, 0.25) is 0 Å². The number of para-hydroxylation sites is 1. The van der Waals surface area contributed by atoms with Crippen molar-refractivity contribution >= 4 is 16.8 Å². The van der Waals surface area contributed by atoms with Crippen LogP contribution in [-0.4, -0.2) is 15.6 Å². The van der Waals surface area contributed by atoms with Gasteiger partial charge in [0, 0.05) is 23.3 Å². The lowest BCUT2D eigenvalue weighted by Gasteiger charge is -2.06. The van der Waals surface area contributed by atoms with Gasteiger partial charge in [-0.2, -0.15) is 0 Å². The van der Waals surface area contributed by atoms with Crippen molar-refractivity contribution < 1.29 is 14.3 Å². The quantitative estimate of drug-likeness (QED) is 0.751. The lowest BCUT2D eigenvalue weighted by Crippen LogP contribution is -2.10. The number of benzene rings is 2. The van der Waals surface area contributed by atoms with Crippen molar-refractivity contribution in [3.63, 3.8) is 0 Å². The van der Waals surface area contributed by atoms with Gasteiger partial charge in [-0.05, 0) is 18.2 Å². The average molecular weight is 270 g/mol. The minimum absolute atomic E-state index is 0.370. The first kappa shape index (κ1) is 12.2. The number of phenols is 1. The summed E-state index contributed by atoms with van der Waals surface area (Å²) in [6.07, 6.45) is 1.57. The van der Waals surface area contributed by atoms with Gasteiger partial charge < -0.3 is 15.4 Å². The predicted molar refractivity (Wildman–Crippen MR) is 73.4 cm³/mol. The van der Waals surface area contributed by atoms with Crippen molar-refractivity contribution in [1.29, 1.82) is 0 Å². The number of amides is 1. The highest BCUT2D eigenvalue weighted by atomic mass is 19.1. The van der Waals surface area contributed by atoms with Gasteiger partial charge in [0.1, 0.15) is 0 Å². The lowest BCUT2D eigenvalue weighted by molar-refractivity contribution is 0.100. The van der Waals surface area contributed by atoms with E-state index in [-0.39, 0.29) is 0 Å². The van der Waals surface area contributed by atoms with E-state index >= 15 is 0 Å². The molecule has 0 aliphatic heterocycles. The van der Waals surface area contributed by atoms with Crippen molar-refractivity contribution in [2.75, 3.05) is 0 Å². The number of phenolic OH excluding ortho intramolecular Hbond substituents is 1. The molecule has 3 N–H and O–H groups in total. The molecule has 0 atom stereocenters. The predicted octanol–water partition coefficient (Wildman–Crippen LogP) is 2.57. The first-order chi connectivity index (χ1) is 9.58. The van der Waals surface area contributed by atoms with Crippen LogP contribution in [0, 0.1) is 5.82 Å². The summed E-state index contributed by atoms with van der Waals surface area (Å²) >= 11 is 0. The molecular formula is C15H11FN2O2. The number of aromatic hydroxyl groups is 1. The number of carbonyl (C=O) groups excluding carboxylic acids is 1. The van der Waals surface area contributed by atoms with Crippen molar-refractivity contribution in [2.45, 2.75) is 0 Å². The number of rotatable bonds is 2. The highest BCUT2D eigenvalue weighted by Gasteiger charge is 2.14. The zero-order valence-electron chi connectivity index (χ0n) is 10.4. The molecular weight excluding hydrogens is 259 g/mol. The molecule has 2 aromatic carbocycles. The highest BCUT2D eigenvalue weighted by molar-refractivity contribution is 6.06. The van der Waals surface area contributed by atoms with Gasteiger partial charge >= 0.3 is 0 Å². The summed E-state index contributed by atoms with van der Waals surface area (Å²) in [5, 5.41) is 9.94. The van der Waals surface area contributed by atoms with Crippen LogP contribution in [-0.2, 0) is 0 Å². The Hall–Kier alpha value is -2.82. The Balaban J connectivity index is 2.31. The molecule has 0 aliphatic carbocycles. The van der Waals surface area contributed by atoms with Crippen LogP contribution in [0.5, 0.6) is 5.75 Å². The lowest BCUT2D eigenvalue weighted by atomic mass is 10.2. The largest absolute Gasteiger partial charge is 0.505 e. The number of nitrogens with two attached hydrogens (primary N) is 1. The summed E-state index contributed by atoms with van der Waals surface area (Å²) in [6.45, 7) is 0. The second kappa shape index (κ2) is 4.38. The number of carbonyl (C=O) groups is 1. The van der Waals surface area contributed by atoms with E-state index in [4.69, 9.17) is 5.73 Å². The Bertz CT molecular complexity index is 824. The fourth-order valence-corrected chi connectivity index (χ4v) is 2.24. The van der Waals surface area contributed by atoms with Crippen LogP contribution < -0.4 is 5.73 Å². The molecule has 0 bridgehead atoms. The van der Waals surface area contributed by atoms with Crippen LogP contribution in [0.3, 0.4) is 0 Å². The molecule has 0 saturated heterocycles. The van der Waals surface area contributed by atoms with Gasteiger partial charge in [0.25, 0.3) is 5.91 Å². The molecule has 0 unspecified atom stereocenters. The zero-order chi connectivity index (χ0) is 14.3. The van der Waals surface area contributed by atoms with Crippen molar-refractivity contribution in [1.82, 2.24) is 4.57 Å². The van der Waals surface area contributed by atoms with E-state index in [2.05, 4.69) is 0 Å². The van der Waals surface area contributed by atoms with E-state index in [0.29, 0.717) is 16.6 Å². The van der Waals surface area contributed by atoms with Crippen molar-refractivity contribution in [3.8, 4) is 11.4 Å². The second-order valence-corrected chi connectivity index (χ2v) is 4.43. The van der Waals surface area contributed by atoms with Gasteiger partial charge in [0.15, 0.2) is 11.6 Å². The molecule has 0 saturated carbocycles. The van der Waals surface area contributed by atoms with Gasteiger partial charge in [-0.3, -0.25) is 4.79 Å². The number of fused-ring (bicyclic) bond motifs is 1. The maximum Gasteiger partial charge on any atom is 0.250 e. The molecule has 0 radical (unpaired) electrons. The number of hydrogen-bond donors (Lipinski definition) is 2. The Kier molecular flexibility index (Phi) is 2.68. The van der Waals surface area contributed by atoms with Crippen LogP contribution in [0.4, 0.5) is 4.39 Å². The van der Waals surface area contributed by atoms with E-state index in [1.165, 1.54) is 12.1 Å². The molecule has 0 aliphatic rings. The molecule has 20 heavy (non-hydrogen) atoms. The molecule has 3 rings (SSSR count). The molecule has 5 heteroatoms. The number of nitrogens with zero attached hydrogens (tertiary/aromatic N) is 1. The van der Waals surface area contributed by atoms with Crippen LogP contribution in [0.1, 0.15) is 10.4 Å². The van der Waals surface area contributed by atoms with E-state index < -0.39 is 17.5 Å². The Morgan fingerprint density at radius 3 is 2.65 bits per heavy atom. The summed E-state index contributed by atoms with van der Waals surface area (Å²) in [6, 6.07) is 11.2. The number of primary amides is 1. The fraction of sp³-hybridized carbons (Fsp3) is 0. The number of hydrogen-bond acceptors (Lipinski definition) is 2. The average Bonchev–Trinajstić information content (AvgIpc) is 2.82. The monoisotopic (exact) mass is 270 g/mol. The molecule has 0 spiro atoms. The van der Waals surface area contributed by atoms with E-state index in [1.54, 1.807) is 29.0 Å². The SMILES string of the molecule is NC(=O)c1cn(-c2ccc(O)c(F)c2)c2ccccc12. The van der Waals surface area contributed by atoms with Crippen LogP contribution in [0.2, 0.25) is 0 Å². The molecule has 1 amide bonds. The third-order valence-electron chi connectivity index (χ3n) is 3.19. The van der Waals surface area contributed by atoms with Gasteiger partial charge in [0.05, 0.1) is 11.1 Å². The molecule has 4 nitrogen and oxygen atoms in total. The summed E-state index contributed by atoms with van der Waals surface area (Å²) < 4.78 is 15.1. The molecule has 3 aromatic rings. The molecule has 1 aromatic heterocycles. The Labute approximate surface area is 113 Å². The van der Waals surface area contributed by atoms with Gasteiger partial charge in [-0.15, -0.1) is 0 Å². The first-order valence-corrected chi connectivity index (χ1v) is 5.96. The summed E-state index contributed by atoms with van der Waals surface area (Å²) in [4.78, 5) is 11.5. The second-order valence-electron chi connectivity index (χ2n) is 4.43. The minimum Gasteiger partial charge on any atom is -0.505 e. The Morgan fingerprint density at radius 1 is 1.20 bits per heavy atom. The van der Waals surface area contributed by atoms with E-state index in [0.717, 1.165) is 5.52 Å². The maximum atomic E-state index is 13.5. The summed E-state index contributed by atoms with van der Waals surface area (Å²) in [7, 11) is 0. The van der Waals surface area contributed by atoms with Crippen LogP contribution in [0.25, 0.3) is 16.6 Å². The normalized spacial score (nSPS) is 10.8. The van der Waals surface area contributed by atoms with Crippen LogP contribution >= 0.6 is 0 Å². The first-order valence-electron chi connectivity index (χ1n) is 5.96. The molecule has 100 valence electrons. The number of halogens is 1. The smallest absolute Gasteiger partial charge is 0.250 e. The fourth-order valence-electron chi connectivity index (χ4n) is 2.24. The zero-order valence-corrected chi connectivity index (χ0v) is 10.4. The third-order valence-corrected chi connectivity index (χ3v) is 3.19. The summed E-state index contributed by atoms with van der Waals surface area (Å²) in [5.74, 6) is -1.68. The van der Waals surface area contributed by atoms with Crippen LogP contribution in [0.15, 0.2) is 48.7 Å². The minimum atomic E-state index is -0.721. The standard InChI is InChI=1S/C15H11FN2O2/c16-12-7-9(5-6-14(12)19)18-8-11(15(17)20)10-3-1-2-4-13(10)18/h1-8,19H,(H2,17,20). The van der Waals surface area contributed by atoms with Crippen molar-refractivity contribution in [2.24, 2.45) is 5.73 Å².